The highest BCUT2D eigenvalue weighted by atomic mass is 32.1. The van der Waals surface area contributed by atoms with Gasteiger partial charge in [0, 0.05) is 12.6 Å². The predicted molar refractivity (Wildman–Crippen MR) is 98.1 cm³/mol. The van der Waals surface area contributed by atoms with Gasteiger partial charge in [0.15, 0.2) is 5.11 Å². The molecule has 0 fully saturated rings. The van der Waals surface area contributed by atoms with Crippen LogP contribution in [0.25, 0.3) is 0 Å². The van der Waals surface area contributed by atoms with Gasteiger partial charge in [-0.2, -0.15) is 0 Å². The summed E-state index contributed by atoms with van der Waals surface area (Å²) < 4.78 is 0. The van der Waals surface area contributed by atoms with Crippen molar-refractivity contribution in [2.45, 2.75) is 32.2 Å². The van der Waals surface area contributed by atoms with Gasteiger partial charge >= 0.3 is 0 Å². The van der Waals surface area contributed by atoms with Gasteiger partial charge in [0.1, 0.15) is 0 Å². The van der Waals surface area contributed by atoms with Gasteiger partial charge in [-0.05, 0) is 49.5 Å². The molecular weight excluding hydrogens is 288 g/mol. The summed E-state index contributed by atoms with van der Waals surface area (Å²) in [6, 6.07) is 21.4. The fourth-order valence-electron chi connectivity index (χ4n) is 2.34. The third-order valence-corrected chi connectivity index (χ3v) is 3.89. The molecule has 0 unspecified atom stereocenters. The van der Waals surface area contributed by atoms with E-state index in [1.807, 2.05) is 6.07 Å². The van der Waals surface area contributed by atoms with Gasteiger partial charge in [0.2, 0.25) is 0 Å². The summed E-state index contributed by atoms with van der Waals surface area (Å²) >= 11 is 5.35. The molecule has 0 saturated heterocycles. The maximum Gasteiger partial charge on any atom is 0.166 e. The smallest absolute Gasteiger partial charge is 0.166 e. The molecule has 0 heterocycles. The van der Waals surface area contributed by atoms with Crippen LogP contribution in [-0.4, -0.2) is 17.7 Å². The molecule has 2 N–H and O–H groups in total. The molecule has 0 aliphatic rings. The highest BCUT2D eigenvalue weighted by molar-refractivity contribution is 7.80. The van der Waals surface area contributed by atoms with Crippen molar-refractivity contribution in [3.8, 4) is 0 Å². The molecule has 0 radical (unpaired) electrons. The molecule has 22 heavy (non-hydrogen) atoms. The van der Waals surface area contributed by atoms with E-state index in [0.29, 0.717) is 6.04 Å². The van der Waals surface area contributed by atoms with Crippen LogP contribution < -0.4 is 10.6 Å². The lowest BCUT2D eigenvalue weighted by molar-refractivity contribution is 0.599. The van der Waals surface area contributed by atoms with Crippen LogP contribution in [0.15, 0.2) is 60.7 Å². The van der Waals surface area contributed by atoms with Crippen molar-refractivity contribution in [3.63, 3.8) is 0 Å². The first kappa shape index (κ1) is 16.5. The molecular formula is C19H24N2S. The Bertz CT molecular complexity index is 554. The van der Waals surface area contributed by atoms with Crippen molar-refractivity contribution in [2.24, 2.45) is 0 Å². The summed E-state index contributed by atoms with van der Waals surface area (Å²) in [6.45, 7) is 3.04. The van der Waals surface area contributed by atoms with Crippen molar-refractivity contribution in [2.75, 3.05) is 6.54 Å². The standard InChI is InChI=1S/C19H24N2S/c1-16(12-13-17-8-4-2-5-9-17)21-19(22)20-15-14-18-10-6-3-7-11-18/h2-11,16H,12-15H2,1H3,(H2,20,21,22)/t16-/m1/s1. The Kier molecular flexibility index (Phi) is 6.91. The number of hydrogen-bond acceptors (Lipinski definition) is 1. The molecule has 2 nitrogen and oxygen atoms in total. The van der Waals surface area contributed by atoms with E-state index in [9.17, 15) is 0 Å². The lowest BCUT2D eigenvalue weighted by Crippen LogP contribution is -2.41. The monoisotopic (exact) mass is 312 g/mol. The van der Waals surface area contributed by atoms with Crippen LogP contribution in [-0.2, 0) is 12.8 Å². The molecule has 0 spiro atoms. The molecule has 0 amide bonds. The van der Waals surface area contributed by atoms with Gasteiger partial charge in [0.25, 0.3) is 0 Å². The maximum absolute atomic E-state index is 5.35. The van der Waals surface area contributed by atoms with Gasteiger partial charge in [-0.1, -0.05) is 60.7 Å². The maximum atomic E-state index is 5.35. The Morgan fingerprint density at radius 2 is 1.45 bits per heavy atom. The first-order valence-corrected chi connectivity index (χ1v) is 8.27. The lowest BCUT2D eigenvalue weighted by atomic mass is 10.1. The molecule has 2 aromatic rings. The first-order chi connectivity index (χ1) is 10.7. The summed E-state index contributed by atoms with van der Waals surface area (Å²) in [5, 5.41) is 7.38. The molecule has 1 atom stereocenters. The van der Waals surface area contributed by atoms with Crippen molar-refractivity contribution < 1.29 is 0 Å². The lowest BCUT2D eigenvalue weighted by Gasteiger charge is -2.17. The number of aryl methyl sites for hydroxylation is 1. The molecule has 0 aliphatic carbocycles. The van der Waals surface area contributed by atoms with E-state index in [-0.39, 0.29) is 0 Å². The van der Waals surface area contributed by atoms with E-state index in [0.717, 1.165) is 30.9 Å². The Balaban J connectivity index is 1.62. The zero-order chi connectivity index (χ0) is 15.6. The van der Waals surface area contributed by atoms with Crippen molar-refractivity contribution in [1.82, 2.24) is 10.6 Å². The fraction of sp³-hybridized carbons (Fsp3) is 0.316. The van der Waals surface area contributed by atoms with Gasteiger partial charge in [-0.3, -0.25) is 0 Å². The van der Waals surface area contributed by atoms with Crippen LogP contribution in [0, 0.1) is 0 Å². The number of hydrogen-bond donors (Lipinski definition) is 2. The second-order valence-corrected chi connectivity index (χ2v) is 5.97. The quantitative estimate of drug-likeness (QED) is 0.762. The minimum absolute atomic E-state index is 0.372. The van der Waals surface area contributed by atoms with E-state index >= 15 is 0 Å². The van der Waals surface area contributed by atoms with Crippen LogP contribution >= 0.6 is 12.2 Å². The SMILES string of the molecule is C[C@H](CCc1ccccc1)NC(=S)NCCc1ccccc1. The van der Waals surface area contributed by atoms with E-state index in [1.54, 1.807) is 0 Å². The molecule has 0 aromatic heterocycles. The van der Waals surface area contributed by atoms with E-state index in [2.05, 4.69) is 72.2 Å². The van der Waals surface area contributed by atoms with Gasteiger partial charge in [0.05, 0.1) is 0 Å². The molecule has 116 valence electrons. The fourth-order valence-corrected chi connectivity index (χ4v) is 2.64. The van der Waals surface area contributed by atoms with Gasteiger partial charge in [-0.25, -0.2) is 0 Å². The minimum Gasteiger partial charge on any atom is -0.362 e. The van der Waals surface area contributed by atoms with Crippen LogP contribution in [0.3, 0.4) is 0 Å². The highest BCUT2D eigenvalue weighted by Crippen LogP contribution is 2.04. The van der Waals surface area contributed by atoms with Gasteiger partial charge < -0.3 is 10.6 Å². The third-order valence-electron chi connectivity index (χ3n) is 3.63. The van der Waals surface area contributed by atoms with Crippen LogP contribution in [0.2, 0.25) is 0 Å². The van der Waals surface area contributed by atoms with Crippen molar-refractivity contribution in [1.29, 1.82) is 0 Å². The molecule has 0 bridgehead atoms. The van der Waals surface area contributed by atoms with E-state index in [4.69, 9.17) is 12.2 Å². The van der Waals surface area contributed by atoms with E-state index < -0.39 is 0 Å². The molecule has 2 rings (SSSR count). The topological polar surface area (TPSA) is 24.1 Å². The summed E-state index contributed by atoms with van der Waals surface area (Å²) in [5.41, 5.74) is 2.70. The zero-order valence-corrected chi connectivity index (χ0v) is 13.9. The Hall–Kier alpha value is -1.87. The summed E-state index contributed by atoms with van der Waals surface area (Å²) in [7, 11) is 0. The van der Waals surface area contributed by atoms with Crippen LogP contribution in [0.5, 0.6) is 0 Å². The third kappa shape index (κ3) is 6.27. The zero-order valence-electron chi connectivity index (χ0n) is 13.1. The average Bonchev–Trinajstić information content (AvgIpc) is 2.55. The molecule has 0 saturated carbocycles. The predicted octanol–water partition coefficient (Wildman–Crippen LogP) is 3.71. The summed E-state index contributed by atoms with van der Waals surface area (Å²) in [4.78, 5) is 0. The van der Waals surface area contributed by atoms with Crippen LogP contribution in [0.1, 0.15) is 24.5 Å². The Morgan fingerprint density at radius 3 is 2.05 bits per heavy atom. The minimum atomic E-state index is 0.372. The van der Waals surface area contributed by atoms with Crippen LogP contribution in [0.4, 0.5) is 0 Å². The first-order valence-electron chi connectivity index (χ1n) is 7.86. The highest BCUT2D eigenvalue weighted by Gasteiger charge is 2.04. The largest absolute Gasteiger partial charge is 0.362 e. The Morgan fingerprint density at radius 1 is 0.909 bits per heavy atom. The number of nitrogens with one attached hydrogen (secondary N) is 2. The van der Waals surface area contributed by atoms with Gasteiger partial charge in [-0.15, -0.1) is 0 Å². The van der Waals surface area contributed by atoms with Crippen molar-refractivity contribution in [3.05, 3.63) is 71.8 Å². The average molecular weight is 312 g/mol. The normalized spacial score (nSPS) is 11.7. The molecule has 2 aromatic carbocycles. The summed E-state index contributed by atoms with van der Waals surface area (Å²) in [6.07, 6.45) is 3.13. The van der Waals surface area contributed by atoms with Crippen molar-refractivity contribution >= 4 is 17.3 Å². The summed E-state index contributed by atoms with van der Waals surface area (Å²) in [5.74, 6) is 0. The van der Waals surface area contributed by atoms with E-state index in [1.165, 1.54) is 11.1 Å². The Labute approximate surface area is 139 Å². The second-order valence-electron chi connectivity index (χ2n) is 5.56. The number of rotatable bonds is 7. The number of thiocarbonyl (C=S) groups is 1. The second kappa shape index (κ2) is 9.21. The molecule has 3 heteroatoms. The number of benzene rings is 2. The molecule has 0 aliphatic heterocycles.